The van der Waals surface area contributed by atoms with Gasteiger partial charge in [0, 0.05) is 18.4 Å². The molecule has 1 aliphatic heterocycles. The highest BCUT2D eigenvalue weighted by Crippen LogP contribution is 2.32. The predicted octanol–water partition coefficient (Wildman–Crippen LogP) is 3.07. The molecule has 0 bridgehead atoms. The second-order valence-electron chi connectivity index (χ2n) is 7.90. The lowest BCUT2D eigenvalue weighted by Gasteiger charge is -2.37. The average Bonchev–Trinajstić information content (AvgIpc) is 3.12. The number of imide groups is 1. The molecule has 32 heavy (non-hydrogen) atoms. The Morgan fingerprint density at radius 2 is 1.81 bits per heavy atom. The Kier molecular flexibility index (Phi) is 7.04. The van der Waals surface area contributed by atoms with E-state index in [9.17, 15) is 14.4 Å². The first-order valence-electron chi connectivity index (χ1n) is 10.8. The number of anilines is 1. The van der Waals surface area contributed by atoms with E-state index in [1.165, 1.54) is 16.7 Å². The molecule has 3 amide bonds. The quantitative estimate of drug-likeness (QED) is 0.361. The third kappa shape index (κ3) is 4.77. The highest BCUT2D eigenvalue weighted by atomic mass is 32.2. The molecule has 1 saturated carbocycles. The highest BCUT2D eigenvalue weighted by Gasteiger charge is 2.46. The van der Waals surface area contributed by atoms with Gasteiger partial charge in [0.05, 0.1) is 25.0 Å². The van der Waals surface area contributed by atoms with Gasteiger partial charge in [-0.1, -0.05) is 31.0 Å². The van der Waals surface area contributed by atoms with E-state index in [1.807, 2.05) is 0 Å². The molecule has 168 valence electrons. The van der Waals surface area contributed by atoms with Gasteiger partial charge in [0.2, 0.25) is 11.8 Å². The number of thioether (sulfide) groups is 1. The molecule has 2 fully saturated rings. The Balaban J connectivity index is 1.55. The summed E-state index contributed by atoms with van der Waals surface area (Å²) in [5.74, 6) is -0.0281. The Hall–Kier alpha value is -2.94. The third-order valence-corrected chi connectivity index (χ3v) is 6.77. The fraction of sp³-hybridized carbons (Fsp3) is 0.435. The van der Waals surface area contributed by atoms with Crippen molar-refractivity contribution in [3.05, 3.63) is 42.7 Å². The van der Waals surface area contributed by atoms with E-state index in [1.54, 1.807) is 54.7 Å². The highest BCUT2D eigenvalue weighted by molar-refractivity contribution is 7.99. The first-order chi connectivity index (χ1) is 15.6. The summed E-state index contributed by atoms with van der Waals surface area (Å²) in [5, 5.41) is 0.512. The summed E-state index contributed by atoms with van der Waals surface area (Å²) in [7, 11) is 1.56. The molecular weight excluding hydrogens is 428 g/mol. The van der Waals surface area contributed by atoms with E-state index in [4.69, 9.17) is 4.74 Å². The molecule has 8 nitrogen and oxygen atoms in total. The molecule has 1 aromatic heterocycles. The van der Waals surface area contributed by atoms with E-state index >= 15 is 0 Å². The van der Waals surface area contributed by atoms with Crippen molar-refractivity contribution in [3.63, 3.8) is 0 Å². The van der Waals surface area contributed by atoms with Gasteiger partial charge in [-0.2, -0.15) is 0 Å². The van der Waals surface area contributed by atoms with Crippen LogP contribution in [0, 0.1) is 0 Å². The molecular formula is C23H26N4O4S. The number of hydrogen-bond acceptors (Lipinski definition) is 7. The Labute approximate surface area is 191 Å². The smallest absolute Gasteiger partial charge is 0.257 e. The van der Waals surface area contributed by atoms with E-state index in [2.05, 4.69) is 9.97 Å². The number of amides is 3. The topological polar surface area (TPSA) is 92.7 Å². The minimum atomic E-state index is -0.780. The van der Waals surface area contributed by atoms with E-state index in [0.717, 1.165) is 32.1 Å². The number of ether oxygens (including phenoxy) is 1. The molecule has 4 rings (SSSR count). The van der Waals surface area contributed by atoms with Gasteiger partial charge in [-0.05, 0) is 43.2 Å². The number of methoxy groups -OCH3 is 1. The first kappa shape index (κ1) is 22.3. The van der Waals surface area contributed by atoms with Crippen LogP contribution in [0.3, 0.4) is 0 Å². The minimum absolute atomic E-state index is 0.000391. The van der Waals surface area contributed by atoms with Crippen LogP contribution in [-0.2, 0) is 14.4 Å². The molecule has 1 unspecified atom stereocenters. The van der Waals surface area contributed by atoms with Crippen LogP contribution in [0.4, 0.5) is 5.69 Å². The summed E-state index contributed by atoms with van der Waals surface area (Å²) in [6, 6.07) is 7.70. The van der Waals surface area contributed by atoms with E-state index in [0.29, 0.717) is 16.6 Å². The molecule has 0 spiro atoms. The summed E-state index contributed by atoms with van der Waals surface area (Å²) in [4.78, 5) is 50.7. The van der Waals surface area contributed by atoms with E-state index < -0.39 is 6.04 Å². The summed E-state index contributed by atoms with van der Waals surface area (Å²) in [5.41, 5.74) is 0.492. The number of nitrogens with zero attached hydrogens (tertiary/aromatic N) is 4. The fourth-order valence-corrected chi connectivity index (χ4v) is 5.06. The third-order valence-electron chi connectivity index (χ3n) is 5.91. The number of carbonyl (C=O) groups excluding carboxylic acids is 3. The van der Waals surface area contributed by atoms with Gasteiger partial charge >= 0.3 is 0 Å². The van der Waals surface area contributed by atoms with Gasteiger partial charge in [-0.25, -0.2) is 14.9 Å². The zero-order chi connectivity index (χ0) is 22.5. The van der Waals surface area contributed by atoms with Crippen molar-refractivity contribution in [1.29, 1.82) is 0 Å². The zero-order valence-electron chi connectivity index (χ0n) is 18.0. The SMILES string of the molecule is COc1ccc(N2C(=O)CC(N(C(=O)CSc3ncccn3)C3CCCCC3)C2=O)cc1. The van der Waals surface area contributed by atoms with Crippen molar-refractivity contribution >= 4 is 35.2 Å². The van der Waals surface area contributed by atoms with Crippen molar-refractivity contribution in [2.45, 2.75) is 55.8 Å². The van der Waals surface area contributed by atoms with Crippen molar-refractivity contribution in [2.24, 2.45) is 0 Å². The van der Waals surface area contributed by atoms with Crippen molar-refractivity contribution in [2.75, 3.05) is 17.8 Å². The lowest BCUT2D eigenvalue weighted by molar-refractivity contribution is -0.139. The van der Waals surface area contributed by atoms with Gasteiger partial charge in [-0.3, -0.25) is 14.4 Å². The van der Waals surface area contributed by atoms with Gasteiger partial charge in [-0.15, -0.1) is 0 Å². The summed E-state index contributed by atoms with van der Waals surface area (Å²) >= 11 is 1.25. The molecule has 1 saturated heterocycles. The number of carbonyl (C=O) groups is 3. The van der Waals surface area contributed by atoms with Gasteiger partial charge in [0.25, 0.3) is 5.91 Å². The normalized spacial score (nSPS) is 19.3. The van der Waals surface area contributed by atoms with Gasteiger partial charge in [0.1, 0.15) is 11.8 Å². The Morgan fingerprint density at radius 3 is 2.47 bits per heavy atom. The predicted molar refractivity (Wildman–Crippen MR) is 120 cm³/mol. The summed E-state index contributed by atoms with van der Waals surface area (Å²) in [6.07, 6.45) is 8.11. The summed E-state index contributed by atoms with van der Waals surface area (Å²) < 4.78 is 5.17. The molecule has 2 aliphatic rings. The lowest BCUT2D eigenvalue weighted by atomic mass is 9.92. The minimum Gasteiger partial charge on any atom is -0.497 e. The molecule has 2 heterocycles. The maximum atomic E-state index is 13.4. The molecule has 1 atom stereocenters. The maximum absolute atomic E-state index is 13.4. The second kappa shape index (κ2) is 10.1. The van der Waals surface area contributed by atoms with Crippen LogP contribution in [0.2, 0.25) is 0 Å². The largest absolute Gasteiger partial charge is 0.497 e. The van der Waals surface area contributed by atoms with Crippen LogP contribution in [0.15, 0.2) is 47.9 Å². The van der Waals surface area contributed by atoms with Crippen molar-refractivity contribution < 1.29 is 19.1 Å². The first-order valence-corrected chi connectivity index (χ1v) is 11.8. The molecule has 2 aromatic rings. The van der Waals surface area contributed by atoms with Crippen LogP contribution in [0.1, 0.15) is 38.5 Å². The van der Waals surface area contributed by atoms with Crippen molar-refractivity contribution in [3.8, 4) is 5.75 Å². The maximum Gasteiger partial charge on any atom is 0.257 e. The Bertz CT molecular complexity index is 964. The van der Waals surface area contributed by atoms with Crippen LogP contribution in [-0.4, -0.2) is 57.5 Å². The van der Waals surface area contributed by atoms with Crippen LogP contribution in [0.5, 0.6) is 5.75 Å². The van der Waals surface area contributed by atoms with Gasteiger partial charge in [0.15, 0.2) is 5.16 Å². The van der Waals surface area contributed by atoms with Crippen LogP contribution >= 0.6 is 11.8 Å². The molecule has 9 heteroatoms. The monoisotopic (exact) mass is 454 g/mol. The standard InChI is InChI=1S/C23H26N4O4S/c1-31-18-10-8-17(9-11-18)27-20(28)14-19(22(27)30)26(16-6-3-2-4-7-16)21(29)15-32-23-24-12-5-13-25-23/h5,8-13,16,19H,2-4,6-7,14-15H2,1H3. The second-order valence-corrected chi connectivity index (χ2v) is 8.84. The molecule has 0 radical (unpaired) electrons. The zero-order valence-corrected chi connectivity index (χ0v) is 18.8. The van der Waals surface area contributed by atoms with Crippen LogP contribution < -0.4 is 9.64 Å². The van der Waals surface area contributed by atoms with Crippen LogP contribution in [0.25, 0.3) is 0 Å². The number of hydrogen-bond donors (Lipinski definition) is 0. The molecule has 1 aliphatic carbocycles. The Morgan fingerprint density at radius 1 is 1.12 bits per heavy atom. The molecule has 1 aromatic carbocycles. The number of aromatic nitrogens is 2. The van der Waals surface area contributed by atoms with Gasteiger partial charge < -0.3 is 9.64 Å². The fourth-order valence-electron chi connectivity index (χ4n) is 4.39. The summed E-state index contributed by atoms with van der Waals surface area (Å²) in [6.45, 7) is 0. The number of rotatable bonds is 7. The number of benzene rings is 1. The lowest BCUT2D eigenvalue weighted by Crippen LogP contribution is -2.52. The van der Waals surface area contributed by atoms with E-state index in [-0.39, 0.29) is 35.9 Å². The van der Waals surface area contributed by atoms with Crippen molar-refractivity contribution in [1.82, 2.24) is 14.9 Å². The molecule has 0 N–H and O–H groups in total. The average molecular weight is 455 g/mol.